The molecule has 6 heteroatoms. The van der Waals surface area contributed by atoms with Crippen molar-refractivity contribution in [3.8, 4) is 0 Å². The van der Waals surface area contributed by atoms with Crippen molar-refractivity contribution in [1.29, 1.82) is 0 Å². The Morgan fingerprint density at radius 3 is 2.70 bits per heavy atom. The molecular weight excluding hydrogens is 344 g/mol. The number of carboxylic acids is 1. The lowest BCUT2D eigenvalue weighted by molar-refractivity contribution is 0.0697. The fraction of sp³-hybridized carbons (Fsp3) is 0.143. The highest BCUT2D eigenvalue weighted by molar-refractivity contribution is 9.10. The number of anilines is 2. The predicted octanol–water partition coefficient (Wildman–Crippen LogP) is 4.56. The Hall–Kier alpha value is -1.59. The van der Waals surface area contributed by atoms with E-state index in [0.29, 0.717) is 22.1 Å². The average Bonchev–Trinajstić information content (AvgIpc) is 2.32. The molecule has 0 saturated heterocycles. The van der Waals surface area contributed by atoms with Gasteiger partial charge in [-0.25, -0.2) is 9.78 Å². The minimum absolute atomic E-state index is 0.155. The molecule has 0 aliphatic rings. The van der Waals surface area contributed by atoms with Gasteiger partial charge in [0.1, 0.15) is 11.4 Å². The number of rotatable bonds is 3. The van der Waals surface area contributed by atoms with E-state index in [0.717, 1.165) is 10.2 Å². The first-order valence-corrected chi connectivity index (χ1v) is 6.99. The lowest BCUT2D eigenvalue weighted by atomic mass is 10.1. The van der Waals surface area contributed by atoms with Gasteiger partial charge in [-0.2, -0.15) is 0 Å². The Balaban J connectivity index is 2.53. The second-order valence-electron chi connectivity index (χ2n) is 4.36. The second kappa shape index (κ2) is 5.81. The van der Waals surface area contributed by atoms with Crippen molar-refractivity contribution < 1.29 is 9.90 Å². The lowest BCUT2D eigenvalue weighted by Crippen LogP contribution is -2.08. The first kappa shape index (κ1) is 14.8. The normalized spacial score (nSPS) is 10.4. The van der Waals surface area contributed by atoms with Crippen LogP contribution in [-0.4, -0.2) is 16.1 Å². The van der Waals surface area contributed by atoms with Gasteiger partial charge in [0.05, 0.1) is 5.69 Å². The molecule has 2 N–H and O–H groups in total. The molecule has 1 aromatic heterocycles. The van der Waals surface area contributed by atoms with Gasteiger partial charge in [0.2, 0.25) is 0 Å². The third-order valence-corrected chi connectivity index (χ3v) is 3.67. The summed E-state index contributed by atoms with van der Waals surface area (Å²) >= 11 is 9.34. The molecule has 20 heavy (non-hydrogen) atoms. The number of aromatic carboxylic acids is 1. The zero-order chi connectivity index (χ0) is 14.9. The van der Waals surface area contributed by atoms with Crippen molar-refractivity contribution in [3.63, 3.8) is 0 Å². The van der Waals surface area contributed by atoms with Crippen molar-refractivity contribution in [1.82, 2.24) is 4.98 Å². The van der Waals surface area contributed by atoms with Crippen LogP contribution in [0.1, 0.15) is 21.6 Å². The highest BCUT2D eigenvalue weighted by Crippen LogP contribution is 2.30. The number of carboxylic acid groups (broad SMARTS) is 1. The molecule has 0 atom stereocenters. The van der Waals surface area contributed by atoms with Crippen molar-refractivity contribution >= 4 is 45.0 Å². The van der Waals surface area contributed by atoms with Crippen molar-refractivity contribution in [2.24, 2.45) is 0 Å². The minimum Gasteiger partial charge on any atom is -0.478 e. The molecule has 2 rings (SSSR count). The van der Waals surface area contributed by atoms with Crippen molar-refractivity contribution in [3.05, 3.63) is 50.6 Å². The smallest absolute Gasteiger partial charge is 0.339 e. The maximum atomic E-state index is 11.4. The molecule has 1 aromatic carbocycles. The van der Waals surface area contributed by atoms with Crippen LogP contribution >= 0.6 is 27.5 Å². The van der Waals surface area contributed by atoms with Crippen LogP contribution in [0.4, 0.5) is 11.5 Å². The van der Waals surface area contributed by atoms with Gasteiger partial charge < -0.3 is 10.4 Å². The molecule has 0 aliphatic heterocycles. The average molecular weight is 356 g/mol. The minimum atomic E-state index is -1.02. The summed E-state index contributed by atoms with van der Waals surface area (Å²) in [5, 5.41) is 12.9. The standard InChI is InChI=1S/C14H12BrClN2O2/c1-7-5-8(2)17-13(12(7)14(19)20)18-11-6-9(16)3-4-10(11)15/h3-6H,1-2H3,(H,17,18)(H,19,20). The van der Waals surface area contributed by atoms with E-state index in [2.05, 4.69) is 26.2 Å². The Kier molecular flexibility index (Phi) is 4.30. The first-order valence-electron chi connectivity index (χ1n) is 5.82. The van der Waals surface area contributed by atoms with Gasteiger partial charge in [0, 0.05) is 15.2 Å². The van der Waals surface area contributed by atoms with Gasteiger partial charge in [-0.15, -0.1) is 0 Å². The van der Waals surface area contributed by atoms with Crippen LogP contribution in [0.25, 0.3) is 0 Å². The molecule has 0 bridgehead atoms. The third kappa shape index (κ3) is 3.11. The van der Waals surface area contributed by atoms with Crippen LogP contribution in [0.2, 0.25) is 5.02 Å². The fourth-order valence-corrected chi connectivity index (χ4v) is 2.44. The Morgan fingerprint density at radius 2 is 2.05 bits per heavy atom. The summed E-state index contributed by atoms with van der Waals surface area (Å²) in [6.45, 7) is 3.56. The van der Waals surface area contributed by atoms with Crippen molar-refractivity contribution in [2.45, 2.75) is 13.8 Å². The van der Waals surface area contributed by atoms with E-state index in [1.165, 1.54) is 0 Å². The highest BCUT2D eigenvalue weighted by atomic mass is 79.9. The predicted molar refractivity (Wildman–Crippen MR) is 83.1 cm³/mol. The molecule has 0 fully saturated rings. The Morgan fingerprint density at radius 1 is 1.35 bits per heavy atom. The SMILES string of the molecule is Cc1cc(C)c(C(=O)O)c(Nc2cc(Cl)ccc2Br)n1. The van der Waals surface area contributed by atoms with E-state index in [4.69, 9.17) is 11.6 Å². The maximum Gasteiger partial charge on any atom is 0.339 e. The van der Waals surface area contributed by atoms with E-state index in [1.807, 2.05) is 6.92 Å². The van der Waals surface area contributed by atoms with Crippen LogP contribution < -0.4 is 5.32 Å². The van der Waals surface area contributed by atoms with Gasteiger partial charge in [-0.3, -0.25) is 0 Å². The van der Waals surface area contributed by atoms with Gasteiger partial charge in [-0.1, -0.05) is 11.6 Å². The lowest BCUT2D eigenvalue weighted by Gasteiger charge is -2.13. The molecule has 2 aromatic rings. The molecule has 104 valence electrons. The first-order chi connectivity index (χ1) is 9.38. The number of aromatic nitrogens is 1. The van der Waals surface area contributed by atoms with Gasteiger partial charge >= 0.3 is 5.97 Å². The van der Waals surface area contributed by atoms with Crippen LogP contribution in [0, 0.1) is 13.8 Å². The van der Waals surface area contributed by atoms with Crippen LogP contribution in [0.5, 0.6) is 0 Å². The quantitative estimate of drug-likeness (QED) is 0.847. The molecule has 0 aliphatic carbocycles. The van der Waals surface area contributed by atoms with Crippen LogP contribution in [-0.2, 0) is 0 Å². The molecule has 0 unspecified atom stereocenters. The van der Waals surface area contributed by atoms with E-state index in [9.17, 15) is 9.90 Å². The molecule has 0 radical (unpaired) electrons. The van der Waals surface area contributed by atoms with Crippen molar-refractivity contribution in [2.75, 3.05) is 5.32 Å². The number of hydrogen-bond donors (Lipinski definition) is 2. The third-order valence-electron chi connectivity index (χ3n) is 2.74. The van der Waals surface area contributed by atoms with E-state index in [-0.39, 0.29) is 5.56 Å². The number of halogens is 2. The number of pyridine rings is 1. The number of aryl methyl sites for hydroxylation is 2. The number of hydrogen-bond acceptors (Lipinski definition) is 3. The number of nitrogens with zero attached hydrogens (tertiary/aromatic N) is 1. The Labute approximate surface area is 129 Å². The summed E-state index contributed by atoms with van der Waals surface area (Å²) < 4.78 is 0.777. The summed E-state index contributed by atoms with van der Waals surface area (Å²) in [6.07, 6.45) is 0. The molecule has 1 heterocycles. The zero-order valence-corrected chi connectivity index (χ0v) is 13.2. The number of benzene rings is 1. The largest absolute Gasteiger partial charge is 0.478 e. The topological polar surface area (TPSA) is 62.2 Å². The van der Waals surface area contributed by atoms with Gasteiger partial charge in [-0.05, 0) is 59.6 Å². The summed E-state index contributed by atoms with van der Waals surface area (Å²) in [4.78, 5) is 15.6. The molecule has 0 spiro atoms. The van der Waals surface area contributed by atoms with E-state index in [1.54, 1.807) is 31.2 Å². The molecule has 0 saturated carbocycles. The van der Waals surface area contributed by atoms with Crippen LogP contribution in [0.3, 0.4) is 0 Å². The fourth-order valence-electron chi connectivity index (χ4n) is 1.92. The number of nitrogens with one attached hydrogen (secondary N) is 1. The summed E-state index contributed by atoms with van der Waals surface area (Å²) in [5.41, 5.74) is 2.22. The highest BCUT2D eigenvalue weighted by Gasteiger charge is 2.16. The summed E-state index contributed by atoms with van der Waals surface area (Å²) in [7, 11) is 0. The Bertz CT molecular complexity index is 689. The number of carbonyl (C=O) groups is 1. The summed E-state index contributed by atoms with van der Waals surface area (Å²) in [5.74, 6) is -0.714. The monoisotopic (exact) mass is 354 g/mol. The summed E-state index contributed by atoms with van der Waals surface area (Å²) in [6, 6.07) is 6.97. The maximum absolute atomic E-state index is 11.4. The zero-order valence-electron chi connectivity index (χ0n) is 10.9. The second-order valence-corrected chi connectivity index (χ2v) is 5.65. The molecule has 0 amide bonds. The van der Waals surface area contributed by atoms with Gasteiger partial charge in [0.15, 0.2) is 0 Å². The molecule has 4 nitrogen and oxygen atoms in total. The van der Waals surface area contributed by atoms with Gasteiger partial charge in [0.25, 0.3) is 0 Å². The van der Waals surface area contributed by atoms with E-state index < -0.39 is 5.97 Å². The van der Waals surface area contributed by atoms with Crippen LogP contribution in [0.15, 0.2) is 28.7 Å². The molecular formula is C14H12BrClN2O2. The van der Waals surface area contributed by atoms with E-state index >= 15 is 0 Å².